The van der Waals surface area contributed by atoms with Crippen LogP contribution in [-0.2, 0) is 12.0 Å². The Kier molecular flexibility index (Phi) is 6.05. The van der Waals surface area contributed by atoms with Gasteiger partial charge in [-0.05, 0) is 54.4 Å². The Hall–Kier alpha value is -3.85. The molecule has 3 aromatic carbocycles. The molecule has 0 amide bonds. The van der Waals surface area contributed by atoms with Gasteiger partial charge in [0.2, 0.25) is 0 Å². The zero-order valence-electron chi connectivity index (χ0n) is 18.5. The van der Waals surface area contributed by atoms with Crippen molar-refractivity contribution in [1.29, 1.82) is 0 Å². The monoisotopic (exact) mass is 468 g/mol. The van der Waals surface area contributed by atoms with Gasteiger partial charge in [0.15, 0.2) is 0 Å². The maximum atomic E-state index is 14.2. The first-order valence-corrected chi connectivity index (χ1v) is 10.4. The molecule has 9 heteroatoms. The van der Waals surface area contributed by atoms with E-state index >= 15 is 0 Å². The summed E-state index contributed by atoms with van der Waals surface area (Å²) in [5.74, 6) is 0.935. The van der Waals surface area contributed by atoms with Crippen LogP contribution in [0.25, 0.3) is 10.9 Å². The second kappa shape index (κ2) is 8.83. The van der Waals surface area contributed by atoms with Crippen LogP contribution in [0.5, 0.6) is 5.75 Å². The number of halogens is 3. The number of nitrogen functional groups attached to an aromatic ring is 1. The molecular weight excluding hydrogens is 445 g/mol. The van der Waals surface area contributed by atoms with Crippen molar-refractivity contribution in [1.82, 2.24) is 9.97 Å². The van der Waals surface area contributed by atoms with Crippen LogP contribution in [0, 0.1) is 0 Å². The highest BCUT2D eigenvalue weighted by atomic mass is 19.4. The van der Waals surface area contributed by atoms with Crippen molar-refractivity contribution in [2.75, 3.05) is 18.2 Å². The van der Waals surface area contributed by atoms with Gasteiger partial charge >= 0.3 is 6.18 Å². The lowest BCUT2D eigenvalue weighted by atomic mass is 9.75. The maximum Gasteiger partial charge on any atom is 0.402 e. The summed E-state index contributed by atoms with van der Waals surface area (Å²) in [6.07, 6.45) is -3.16. The summed E-state index contributed by atoms with van der Waals surface area (Å²) in [5, 5.41) is 13.3. The number of aliphatic hydroxyl groups excluding tert-OH is 1. The first-order valence-electron chi connectivity index (χ1n) is 10.4. The van der Waals surface area contributed by atoms with Crippen LogP contribution >= 0.6 is 0 Å². The summed E-state index contributed by atoms with van der Waals surface area (Å²) in [6, 6.07) is 15.2. The Morgan fingerprint density at radius 3 is 2.15 bits per heavy atom. The predicted octanol–water partition coefficient (Wildman–Crippen LogP) is 5.32. The maximum absolute atomic E-state index is 14.2. The summed E-state index contributed by atoms with van der Waals surface area (Å²) in [4.78, 5) is 8.50. The molecule has 0 saturated heterocycles. The lowest BCUT2D eigenvalue weighted by Gasteiger charge is -2.33. The van der Waals surface area contributed by atoms with Crippen LogP contribution in [0.15, 0.2) is 67.0 Å². The third-order valence-electron chi connectivity index (χ3n) is 5.99. The molecule has 0 aliphatic heterocycles. The summed E-state index contributed by atoms with van der Waals surface area (Å²) < 4.78 is 48.0. The van der Waals surface area contributed by atoms with E-state index in [4.69, 9.17) is 10.5 Å². The number of ether oxygens (including phenoxy) is 1. The number of anilines is 3. The molecule has 0 fully saturated rings. The summed E-state index contributed by atoms with van der Waals surface area (Å²) in [5.41, 5.74) is 5.77. The van der Waals surface area contributed by atoms with Crippen LogP contribution < -0.4 is 15.8 Å². The van der Waals surface area contributed by atoms with E-state index in [9.17, 15) is 18.3 Å². The van der Waals surface area contributed by atoms with Crippen molar-refractivity contribution >= 4 is 28.1 Å². The largest absolute Gasteiger partial charge is 0.496 e. The van der Waals surface area contributed by atoms with E-state index in [2.05, 4.69) is 15.3 Å². The molecule has 1 unspecified atom stereocenters. The number of rotatable bonds is 6. The predicted molar refractivity (Wildman–Crippen MR) is 125 cm³/mol. The SMILES string of the molecule is COc1cc2c(Nc3ccc(C(C)(c4ccc(N)cc4)C(F)(F)F)cc3)ncnc2cc1CO. The first kappa shape index (κ1) is 23.3. The van der Waals surface area contributed by atoms with E-state index in [0.717, 1.165) is 6.92 Å². The van der Waals surface area contributed by atoms with E-state index < -0.39 is 11.6 Å². The van der Waals surface area contributed by atoms with Crippen LogP contribution in [0.2, 0.25) is 0 Å². The van der Waals surface area contributed by atoms with Gasteiger partial charge in [0.25, 0.3) is 0 Å². The number of hydrogen-bond acceptors (Lipinski definition) is 6. The second-order valence-corrected chi connectivity index (χ2v) is 8.01. The summed E-state index contributed by atoms with van der Waals surface area (Å²) >= 11 is 0. The quantitative estimate of drug-likeness (QED) is 0.332. The number of benzene rings is 3. The highest BCUT2D eigenvalue weighted by Crippen LogP contribution is 2.46. The fourth-order valence-corrected chi connectivity index (χ4v) is 3.87. The Labute approximate surface area is 194 Å². The van der Waals surface area contributed by atoms with E-state index in [1.807, 2.05) is 0 Å². The minimum Gasteiger partial charge on any atom is -0.496 e. The van der Waals surface area contributed by atoms with Gasteiger partial charge in [-0.25, -0.2) is 9.97 Å². The molecule has 0 spiro atoms. The van der Waals surface area contributed by atoms with Crippen molar-refractivity contribution in [2.45, 2.75) is 25.1 Å². The highest BCUT2D eigenvalue weighted by Gasteiger charge is 2.53. The fraction of sp³-hybridized carbons (Fsp3) is 0.200. The van der Waals surface area contributed by atoms with Gasteiger partial charge in [-0.3, -0.25) is 0 Å². The van der Waals surface area contributed by atoms with Crippen molar-refractivity contribution in [3.8, 4) is 5.75 Å². The molecule has 4 rings (SSSR count). The number of nitrogens with two attached hydrogens (primary N) is 1. The van der Waals surface area contributed by atoms with Gasteiger partial charge in [-0.1, -0.05) is 24.3 Å². The van der Waals surface area contributed by atoms with Gasteiger partial charge in [0.1, 0.15) is 23.3 Å². The van der Waals surface area contributed by atoms with E-state index in [0.29, 0.717) is 39.4 Å². The van der Waals surface area contributed by atoms with Crippen LogP contribution in [0.1, 0.15) is 23.6 Å². The third kappa shape index (κ3) is 4.10. The standard InChI is InChI=1S/C25H23F3N4O2/c1-24(25(26,27)28,16-3-7-18(29)8-4-16)17-5-9-19(10-6-17)32-23-20-12-22(34-2)15(13-33)11-21(20)30-14-31-23/h3-12,14,33H,13,29H2,1-2H3,(H,30,31,32). The number of fused-ring (bicyclic) bond motifs is 1. The molecule has 0 radical (unpaired) electrons. The topological polar surface area (TPSA) is 93.3 Å². The Morgan fingerprint density at radius 2 is 1.59 bits per heavy atom. The lowest BCUT2D eigenvalue weighted by molar-refractivity contribution is -0.173. The molecule has 4 N–H and O–H groups in total. The molecule has 0 bridgehead atoms. The van der Waals surface area contributed by atoms with Crippen molar-refractivity contribution < 1.29 is 23.0 Å². The molecule has 1 heterocycles. The number of alkyl halides is 3. The summed E-state index contributed by atoms with van der Waals surface area (Å²) in [6.45, 7) is 0.948. The Bertz CT molecular complexity index is 1310. The average Bonchev–Trinajstić information content (AvgIpc) is 2.83. The van der Waals surface area contributed by atoms with Crippen molar-refractivity contribution in [2.24, 2.45) is 0 Å². The molecule has 1 atom stereocenters. The van der Waals surface area contributed by atoms with Gasteiger partial charge in [0, 0.05) is 22.3 Å². The highest BCUT2D eigenvalue weighted by molar-refractivity contribution is 5.92. The molecule has 6 nitrogen and oxygen atoms in total. The zero-order valence-corrected chi connectivity index (χ0v) is 18.5. The summed E-state index contributed by atoms with van der Waals surface area (Å²) in [7, 11) is 1.49. The fourth-order valence-electron chi connectivity index (χ4n) is 3.87. The lowest BCUT2D eigenvalue weighted by Crippen LogP contribution is -2.40. The molecule has 0 saturated carbocycles. The number of aliphatic hydroxyl groups is 1. The van der Waals surface area contributed by atoms with Crippen LogP contribution in [0.3, 0.4) is 0 Å². The Morgan fingerprint density at radius 1 is 0.971 bits per heavy atom. The normalized spacial score (nSPS) is 13.5. The van der Waals surface area contributed by atoms with E-state index in [1.165, 1.54) is 49.8 Å². The number of nitrogens with zero attached hydrogens (tertiary/aromatic N) is 2. The van der Waals surface area contributed by atoms with E-state index in [1.54, 1.807) is 24.3 Å². The van der Waals surface area contributed by atoms with Crippen molar-refractivity contribution in [3.05, 3.63) is 83.7 Å². The second-order valence-electron chi connectivity index (χ2n) is 8.01. The average molecular weight is 468 g/mol. The van der Waals surface area contributed by atoms with Crippen LogP contribution in [-0.4, -0.2) is 28.4 Å². The molecular formula is C25H23F3N4O2. The number of hydrogen-bond donors (Lipinski definition) is 3. The zero-order chi connectivity index (χ0) is 24.5. The smallest absolute Gasteiger partial charge is 0.402 e. The van der Waals surface area contributed by atoms with Gasteiger partial charge in [-0.15, -0.1) is 0 Å². The number of nitrogens with one attached hydrogen (secondary N) is 1. The minimum atomic E-state index is -4.53. The molecule has 0 aliphatic rings. The molecule has 0 aliphatic carbocycles. The number of methoxy groups -OCH3 is 1. The van der Waals surface area contributed by atoms with Gasteiger partial charge < -0.3 is 20.9 Å². The first-order chi connectivity index (χ1) is 16.2. The Balaban J connectivity index is 1.70. The van der Waals surface area contributed by atoms with E-state index in [-0.39, 0.29) is 17.7 Å². The van der Waals surface area contributed by atoms with Gasteiger partial charge in [-0.2, -0.15) is 13.2 Å². The third-order valence-corrected chi connectivity index (χ3v) is 5.99. The minimum absolute atomic E-state index is 0.0946. The number of aromatic nitrogens is 2. The molecule has 4 aromatic rings. The molecule has 34 heavy (non-hydrogen) atoms. The van der Waals surface area contributed by atoms with Crippen molar-refractivity contribution in [3.63, 3.8) is 0 Å². The molecule has 1 aromatic heterocycles. The molecule has 176 valence electrons. The van der Waals surface area contributed by atoms with Gasteiger partial charge in [0.05, 0.1) is 19.2 Å². The van der Waals surface area contributed by atoms with Crippen LogP contribution in [0.4, 0.5) is 30.4 Å².